The minimum Gasteiger partial charge on any atom is -0.479 e. The molecule has 0 saturated heterocycles. The van der Waals surface area contributed by atoms with Gasteiger partial charge in [0, 0.05) is 35.6 Å². The third-order valence-electron chi connectivity index (χ3n) is 3.10. The van der Waals surface area contributed by atoms with E-state index in [-0.39, 0.29) is 69.5 Å². The average Bonchev–Trinajstić information content (AvgIpc) is 2.74. The molecule has 0 aliphatic rings. The number of hydrogen-bond acceptors (Lipinski definition) is 8. The van der Waals surface area contributed by atoms with Crippen LogP contribution in [0.1, 0.15) is 0 Å². The Hall–Kier alpha value is -3.37. The van der Waals surface area contributed by atoms with Gasteiger partial charge in [0.15, 0.2) is 49.4 Å². The fourth-order valence-electron chi connectivity index (χ4n) is 1.94. The molecule has 0 aliphatic heterocycles. The standard InChI is InChI=1S/2C10H10O6.La.2H2O/c2*11-9(12)5-15-7-3-1-2-4-8(7)16-6-10(13)14;;;/h2*1-4H,5-6H2,(H,11,12)(H,13,14);;2*1H2. The van der Waals surface area contributed by atoms with Gasteiger partial charge in [-0.2, -0.15) is 0 Å². The zero-order chi connectivity index (χ0) is 23.9. The van der Waals surface area contributed by atoms with Gasteiger partial charge in [0.25, 0.3) is 0 Å². The van der Waals surface area contributed by atoms with Crippen LogP contribution in [0.25, 0.3) is 0 Å². The minimum atomic E-state index is -1.12. The summed E-state index contributed by atoms with van der Waals surface area (Å²) < 4.78 is 19.7. The molecule has 2 aromatic rings. The molecule has 0 saturated carbocycles. The molecule has 0 atom stereocenters. The Kier molecular flexibility index (Phi) is 20.7. The molecule has 2 aromatic carbocycles. The van der Waals surface area contributed by atoms with Crippen LogP contribution in [0.15, 0.2) is 48.5 Å². The third kappa shape index (κ3) is 16.8. The van der Waals surface area contributed by atoms with Gasteiger partial charge in [-0.25, -0.2) is 19.2 Å². The Morgan fingerprint density at radius 1 is 0.486 bits per heavy atom. The Morgan fingerprint density at radius 3 is 0.800 bits per heavy atom. The molecular weight excluding hydrogens is 603 g/mol. The monoisotopic (exact) mass is 627 g/mol. The van der Waals surface area contributed by atoms with Gasteiger partial charge in [0.05, 0.1) is 0 Å². The number of hydrogen-bond donors (Lipinski definition) is 4. The number of aliphatic carboxylic acids is 4. The summed E-state index contributed by atoms with van der Waals surface area (Å²) in [7, 11) is 0. The molecule has 0 aromatic heterocycles. The van der Waals surface area contributed by atoms with E-state index in [9.17, 15) is 19.2 Å². The van der Waals surface area contributed by atoms with Crippen LogP contribution in [0.2, 0.25) is 0 Å². The van der Waals surface area contributed by atoms with Gasteiger partial charge in [-0.05, 0) is 24.3 Å². The summed E-state index contributed by atoms with van der Waals surface area (Å²) in [6, 6.07) is 12.5. The quantitative estimate of drug-likeness (QED) is 0.234. The van der Waals surface area contributed by atoms with Crippen LogP contribution in [0.4, 0.5) is 0 Å². The Labute approximate surface area is 226 Å². The summed E-state index contributed by atoms with van der Waals surface area (Å²) in [6.07, 6.45) is 0. The van der Waals surface area contributed by atoms with Crippen molar-refractivity contribution < 1.29 is 105 Å². The van der Waals surface area contributed by atoms with Crippen molar-refractivity contribution in [3.8, 4) is 23.0 Å². The maximum absolute atomic E-state index is 10.3. The normalized spacial score (nSPS) is 8.69. The number of carboxylic acids is 4. The van der Waals surface area contributed by atoms with Crippen LogP contribution < -0.4 is 18.9 Å². The molecule has 0 heterocycles. The molecule has 0 bridgehead atoms. The van der Waals surface area contributed by atoms with Crippen molar-refractivity contribution in [1.29, 1.82) is 0 Å². The Bertz CT molecular complexity index is 784. The van der Waals surface area contributed by atoms with Crippen LogP contribution in [-0.4, -0.2) is 81.7 Å². The molecule has 0 amide bonds. The summed E-state index contributed by atoms with van der Waals surface area (Å²) in [5, 5.41) is 33.7. The topological polar surface area (TPSA) is 249 Å². The first-order valence-electron chi connectivity index (χ1n) is 8.75. The first-order chi connectivity index (χ1) is 15.2. The summed E-state index contributed by atoms with van der Waals surface area (Å²) in [5.74, 6) is -3.67. The second kappa shape index (κ2) is 20.0. The van der Waals surface area contributed by atoms with Gasteiger partial charge in [0.1, 0.15) is 0 Å². The minimum absolute atomic E-state index is 0. The average molecular weight is 627 g/mol. The molecule has 0 spiro atoms. The maximum Gasteiger partial charge on any atom is 0.341 e. The summed E-state index contributed by atoms with van der Waals surface area (Å²) in [5.41, 5.74) is 0. The molecule has 0 aliphatic carbocycles. The van der Waals surface area contributed by atoms with E-state index in [1.165, 1.54) is 24.3 Å². The summed E-state index contributed by atoms with van der Waals surface area (Å²) in [4.78, 5) is 41.2. The fourth-order valence-corrected chi connectivity index (χ4v) is 1.94. The largest absolute Gasteiger partial charge is 0.479 e. The molecule has 15 heteroatoms. The summed E-state index contributed by atoms with van der Waals surface area (Å²) in [6.45, 7) is -2.03. The SMILES string of the molecule is O.O.O=C(O)COc1ccccc1OCC(=O)O.O=C(O)COc1ccccc1OCC(=O)O.[La]. The number of carboxylic acid groups (broad SMARTS) is 4. The predicted molar refractivity (Wildman–Crippen MR) is 113 cm³/mol. The van der Waals surface area contributed by atoms with Gasteiger partial charge in [-0.15, -0.1) is 0 Å². The van der Waals surface area contributed by atoms with Crippen molar-refractivity contribution in [1.82, 2.24) is 0 Å². The van der Waals surface area contributed by atoms with Crippen molar-refractivity contribution in [2.75, 3.05) is 26.4 Å². The molecule has 0 unspecified atom stereocenters. The number of carbonyl (C=O) groups is 4. The van der Waals surface area contributed by atoms with E-state index in [0.717, 1.165) is 0 Å². The molecule has 0 fully saturated rings. The molecule has 1 radical (unpaired) electrons. The molecular formula is C20H24LaO14. The van der Waals surface area contributed by atoms with E-state index >= 15 is 0 Å². The van der Waals surface area contributed by atoms with Crippen molar-refractivity contribution in [3.05, 3.63) is 48.5 Å². The number of para-hydroxylation sites is 4. The van der Waals surface area contributed by atoms with E-state index in [2.05, 4.69) is 0 Å². The van der Waals surface area contributed by atoms with Gasteiger partial charge in [0.2, 0.25) is 0 Å². The number of rotatable bonds is 12. The van der Waals surface area contributed by atoms with Crippen molar-refractivity contribution in [2.24, 2.45) is 0 Å². The van der Waals surface area contributed by atoms with Crippen molar-refractivity contribution in [3.63, 3.8) is 0 Å². The molecule has 14 nitrogen and oxygen atoms in total. The maximum atomic E-state index is 10.3. The summed E-state index contributed by atoms with van der Waals surface area (Å²) >= 11 is 0. The molecule has 8 N–H and O–H groups in total. The Morgan fingerprint density at radius 2 is 0.657 bits per heavy atom. The van der Waals surface area contributed by atoms with E-state index in [4.69, 9.17) is 39.4 Å². The van der Waals surface area contributed by atoms with Crippen molar-refractivity contribution >= 4 is 23.9 Å². The van der Waals surface area contributed by atoms with Gasteiger partial charge in [-0.3, -0.25) is 0 Å². The second-order valence-electron chi connectivity index (χ2n) is 5.62. The number of ether oxygens (including phenoxy) is 4. The molecule has 35 heavy (non-hydrogen) atoms. The second-order valence-corrected chi connectivity index (χ2v) is 5.62. The zero-order valence-electron chi connectivity index (χ0n) is 18.1. The molecule has 191 valence electrons. The van der Waals surface area contributed by atoms with E-state index < -0.39 is 50.3 Å². The van der Waals surface area contributed by atoms with Crippen molar-refractivity contribution in [2.45, 2.75) is 0 Å². The fraction of sp³-hybridized carbons (Fsp3) is 0.200. The van der Waals surface area contributed by atoms with Crippen LogP contribution in [0.3, 0.4) is 0 Å². The molecule has 2 rings (SSSR count). The van der Waals surface area contributed by atoms with Gasteiger partial charge >= 0.3 is 23.9 Å². The zero-order valence-corrected chi connectivity index (χ0v) is 21.7. The van der Waals surface area contributed by atoms with E-state index in [1.807, 2.05) is 0 Å². The predicted octanol–water partition coefficient (Wildman–Crippen LogP) is -0.423. The first kappa shape index (κ1) is 36.2. The third-order valence-corrected chi connectivity index (χ3v) is 3.10. The van der Waals surface area contributed by atoms with Gasteiger partial charge < -0.3 is 50.3 Å². The van der Waals surface area contributed by atoms with Crippen LogP contribution in [0.5, 0.6) is 23.0 Å². The van der Waals surface area contributed by atoms with Crippen LogP contribution in [0, 0.1) is 35.6 Å². The van der Waals surface area contributed by atoms with Gasteiger partial charge in [-0.1, -0.05) is 24.3 Å². The number of benzene rings is 2. The van der Waals surface area contributed by atoms with E-state index in [1.54, 1.807) is 24.3 Å². The van der Waals surface area contributed by atoms with Crippen LogP contribution >= 0.6 is 0 Å². The van der Waals surface area contributed by atoms with Crippen LogP contribution in [-0.2, 0) is 19.2 Å². The first-order valence-corrected chi connectivity index (χ1v) is 8.75. The Balaban J connectivity index is -0.000000539. The van der Waals surface area contributed by atoms with E-state index in [0.29, 0.717) is 0 Å². The smallest absolute Gasteiger partial charge is 0.341 e.